The first kappa shape index (κ1) is 11.8. The first-order chi connectivity index (χ1) is 7.93. The third-order valence-corrected chi connectivity index (χ3v) is 4.18. The predicted molar refractivity (Wildman–Crippen MR) is 61.2 cm³/mol. The van der Waals surface area contributed by atoms with Crippen molar-refractivity contribution in [1.29, 1.82) is 0 Å². The first-order valence-corrected chi connectivity index (χ1v) is 5.80. The minimum Gasteiger partial charge on any atom is -0.590 e. The number of aromatic carboxylic acids is 1. The second-order valence-corrected chi connectivity index (χ2v) is 4.92. The predicted octanol–water partition coefficient (Wildman–Crippen LogP) is 2.83. The highest BCUT2D eigenvalue weighted by Gasteiger charge is 2.28. The summed E-state index contributed by atoms with van der Waals surface area (Å²) in [6.45, 7) is 0. The Morgan fingerprint density at radius 1 is 1.47 bits per heavy atom. The van der Waals surface area contributed by atoms with Crippen molar-refractivity contribution in [1.82, 2.24) is 0 Å². The number of hydrogen-bond donors (Lipinski definition) is 1. The first-order valence-electron chi connectivity index (χ1n) is 4.27. The summed E-state index contributed by atoms with van der Waals surface area (Å²) in [5.41, 5.74) is -0.256. The van der Waals surface area contributed by atoms with Crippen LogP contribution in [-0.4, -0.2) is 20.6 Å². The van der Waals surface area contributed by atoms with Gasteiger partial charge in [0.25, 0.3) is 10.6 Å². The number of nitro benzene ring substituents is 1. The lowest BCUT2D eigenvalue weighted by atomic mass is 10.2. The SMILES string of the molecule is O=C(O)c1c(Cl)c2ccc([N+](=O)[O-])cc2[s+]1[O-]. The van der Waals surface area contributed by atoms with E-state index in [1.54, 1.807) is 0 Å². The Morgan fingerprint density at radius 2 is 2.12 bits per heavy atom. The summed E-state index contributed by atoms with van der Waals surface area (Å²) >= 11 is 5.77. The molecule has 2 aromatic rings. The van der Waals surface area contributed by atoms with Gasteiger partial charge in [0.15, 0.2) is 4.70 Å². The molecule has 6 nitrogen and oxygen atoms in total. The lowest BCUT2D eigenvalue weighted by Gasteiger charge is -1.92. The highest BCUT2D eigenvalue weighted by Crippen LogP contribution is 2.42. The Labute approximate surface area is 102 Å². The van der Waals surface area contributed by atoms with Crippen LogP contribution in [0.4, 0.5) is 5.69 Å². The Bertz CT molecular complexity index is 650. The number of nitro groups is 1. The van der Waals surface area contributed by atoms with Crippen molar-refractivity contribution in [3.05, 3.63) is 38.2 Å². The van der Waals surface area contributed by atoms with Gasteiger partial charge in [0.05, 0.1) is 16.4 Å². The molecule has 2 rings (SSSR count). The molecule has 0 fully saturated rings. The number of fused-ring (bicyclic) bond motifs is 1. The summed E-state index contributed by atoms with van der Waals surface area (Å²) in [5, 5.41) is 19.5. The van der Waals surface area contributed by atoms with Crippen molar-refractivity contribution >= 4 is 44.1 Å². The number of hydrogen-bond acceptors (Lipinski definition) is 4. The maximum atomic E-state index is 11.8. The fraction of sp³-hybridized carbons (Fsp3) is 0. The van der Waals surface area contributed by atoms with Gasteiger partial charge in [-0.2, -0.15) is 0 Å². The highest BCUT2D eigenvalue weighted by atomic mass is 35.5. The van der Waals surface area contributed by atoms with Crippen molar-refractivity contribution in [2.45, 2.75) is 0 Å². The monoisotopic (exact) mass is 273 g/mol. The molecule has 1 unspecified atom stereocenters. The molecule has 0 bridgehead atoms. The maximum Gasteiger partial charge on any atom is 0.390 e. The number of carboxylic acid groups (broad SMARTS) is 1. The largest absolute Gasteiger partial charge is 0.590 e. The van der Waals surface area contributed by atoms with Crippen LogP contribution in [0.2, 0.25) is 5.02 Å². The molecule has 0 radical (unpaired) electrons. The fourth-order valence-corrected chi connectivity index (χ4v) is 3.21. The van der Waals surface area contributed by atoms with Gasteiger partial charge in [0.2, 0.25) is 0 Å². The molecule has 1 atom stereocenters. The van der Waals surface area contributed by atoms with Crippen LogP contribution in [0.1, 0.15) is 9.67 Å². The normalized spacial score (nSPS) is 11.8. The third-order valence-electron chi connectivity index (χ3n) is 2.19. The van der Waals surface area contributed by atoms with Gasteiger partial charge in [-0.1, -0.05) is 11.6 Å². The van der Waals surface area contributed by atoms with Crippen molar-refractivity contribution in [3.8, 4) is 0 Å². The molecule has 0 aliphatic heterocycles. The molecule has 8 heteroatoms. The summed E-state index contributed by atoms with van der Waals surface area (Å²) in [4.78, 5) is 20.3. The topological polar surface area (TPSA) is 104 Å². The van der Waals surface area contributed by atoms with Gasteiger partial charge >= 0.3 is 5.97 Å². The number of nitrogens with zero attached hydrogens (tertiary/aromatic N) is 1. The second-order valence-electron chi connectivity index (χ2n) is 3.15. The average molecular weight is 274 g/mol. The summed E-state index contributed by atoms with van der Waals surface area (Å²) in [6, 6.07) is 3.55. The Hall–Kier alpha value is -1.70. The summed E-state index contributed by atoms with van der Waals surface area (Å²) in [7, 11) is -1.98. The molecule has 0 aliphatic rings. The van der Waals surface area contributed by atoms with E-state index in [-0.39, 0.29) is 20.8 Å². The molecule has 1 N–H and O–H groups in total. The molecule has 0 aliphatic carbocycles. The van der Waals surface area contributed by atoms with Gasteiger partial charge in [-0.3, -0.25) is 10.1 Å². The molecular formula is C9H4ClNO5S. The van der Waals surface area contributed by atoms with E-state index in [4.69, 9.17) is 16.7 Å². The van der Waals surface area contributed by atoms with Crippen LogP contribution >= 0.6 is 22.4 Å². The number of halogens is 1. The molecular weight excluding hydrogens is 270 g/mol. The van der Waals surface area contributed by atoms with Crippen LogP contribution in [-0.2, 0) is 0 Å². The van der Waals surface area contributed by atoms with Crippen LogP contribution in [0, 0.1) is 10.1 Å². The van der Waals surface area contributed by atoms with E-state index in [2.05, 4.69) is 0 Å². The molecule has 1 aromatic carbocycles. The second kappa shape index (κ2) is 3.95. The number of carbonyl (C=O) groups is 1. The molecule has 0 saturated heterocycles. The quantitative estimate of drug-likeness (QED) is 0.515. The summed E-state index contributed by atoms with van der Waals surface area (Å²) in [6.07, 6.45) is 0. The standard InChI is InChI=1S/C9H4ClNO5S/c10-7-5-2-1-4(11(14)15)3-6(5)17(16)8(7)9(12)13/h1-3H,(H,12,13). The van der Waals surface area contributed by atoms with Crippen molar-refractivity contribution in [3.63, 3.8) is 0 Å². The third kappa shape index (κ3) is 1.74. The Morgan fingerprint density at radius 3 is 2.65 bits per heavy atom. The van der Waals surface area contributed by atoms with Gasteiger partial charge < -0.3 is 9.66 Å². The van der Waals surface area contributed by atoms with E-state index in [1.807, 2.05) is 0 Å². The fourth-order valence-electron chi connectivity index (χ4n) is 1.45. The van der Waals surface area contributed by atoms with E-state index in [9.17, 15) is 19.5 Å². The van der Waals surface area contributed by atoms with Gasteiger partial charge in [-0.15, -0.1) is 0 Å². The van der Waals surface area contributed by atoms with E-state index in [0.717, 1.165) is 6.07 Å². The molecule has 0 spiro atoms. The lowest BCUT2D eigenvalue weighted by molar-refractivity contribution is -0.384. The zero-order valence-corrected chi connectivity index (χ0v) is 9.62. The van der Waals surface area contributed by atoms with Crippen LogP contribution in [0.25, 0.3) is 10.1 Å². The Balaban J connectivity index is 2.84. The van der Waals surface area contributed by atoms with E-state index in [1.165, 1.54) is 12.1 Å². The zero-order chi connectivity index (χ0) is 12.7. The van der Waals surface area contributed by atoms with Crippen LogP contribution < -0.4 is 0 Å². The minimum absolute atomic E-state index is 0.0570. The number of thiophene rings is 1. The van der Waals surface area contributed by atoms with Crippen molar-refractivity contribution < 1.29 is 19.4 Å². The van der Waals surface area contributed by atoms with Crippen LogP contribution in [0.15, 0.2) is 18.2 Å². The number of benzene rings is 1. The number of non-ortho nitro benzene ring substituents is 1. The zero-order valence-electron chi connectivity index (χ0n) is 8.05. The molecule has 88 valence electrons. The summed E-state index contributed by atoms with van der Waals surface area (Å²) in [5.74, 6) is -1.40. The van der Waals surface area contributed by atoms with Gasteiger partial charge in [-0.25, -0.2) is 4.79 Å². The van der Waals surface area contributed by atoms with Crippen molar-refractivity contribution in [2.75, 3.05) is 0 Å². The van der Waals surface area contributed by atoms with Crippen LogP contribution in [0.5, 0.6) is 0 Å². The van der Waals surface area contributed by atoms with E-state index >= 15 is 0 Å². The van der Waals surface area contributed by atoms with Crippen molar-refractivity contribution in [2.24, 2.45) is 0 Å². The van der Waals surface area contributed by atoms with Gasteiger partial charge in [0, 0.05) is 6.07 Å². The molecule has 0 amide bonds. The van der Waals surface area contributed by atoms with Gasteiger partial charge in [0.1, 0.15) is 5.02 Å². The maximum absolute atomic E-state index is 11.8. The lowest BCUT2D eigenvalue weighted by Crippen LogP contribution is -1.93. The van der Waals surface area contributed by atoms with Crippen LogP contribution in [0.3, 0.4) is 0 Å². The average Bonchev–Trinajstić information content (AvgIpc) is 2.51. The highest BCUT2D eigenvalue weighted by molar-refractivity contribution is 7.33. The smallest absolute Gasteiger partial charge is 0.390 e. The molecule has 1 heterocycles. The number of rotatable bonds is 2. The Kier molecular flexibility index (Phi) is 2.74. The van der Waals surface area contributed by atoms with E-state index in [0.29, 0.717) is 0 Å². The molecule has 0 saturated carbocycles. The molecule has 17 heavy (non-hydrogen) atoms. The molecule has 1 aromatic heterocycles. The minimum atomic E-state index is -1.98. The summed E-state index contributed by atoms with van der Waals surface area (Å²) < 4.78 is 11.8. The number of carboxylic acids is 1. The van der Waals surface area contributed by atoms with Gasteiger partial charge in [-0.05, 0) is 16.8 Å². The van der Waals surface area contributed by atoms with E-state index < -0.39 is 26.5 Å².